The molecule has 0 aliphatic carbocycles. The van der Waals surface area contributed by atoms with E-state index in [1.54, 1.807) is 0 Å². The Hall–Kier alpha value is -3.15. The monoisotopic (exact) mass is 1120 g/mol. The Morgan fingerprint density at radius 2 is 0.487 bits per heavy atom. The predicted octanol–water partition coefficient (Wildman–Crippen LogP) is 24.1. The summed E-state index contributed by atoms with van der Waals surface area (Å²) in [5.41, 5.74) is 0. The summed E-state index contributed by atoms with van der Waals surface area (Å²) in [6, 6.07) is 0. The Balaban J connectivity index is 4.35. The predicted molar refractivity (Wildman–Crippen MR) is 348 cm³/mol. The average molecular weight is 1120 g/mol. The van der Waals surface area contributed by atoms with Gasteiger partial charge >= 0.3 is 17.9 Å². The van der Waals surface area contributed by atoms with E-state index < -0.39 is 6.10 Å². The quantitative estimate of drug-likeness (QED) is 0.0261. The fraction of sp³-hybridized carbons (Fsp3) is 0.797. The highest BCUT2D eigenvalue weighted by molar-refractivity contribution is 5.71. The average Bonchev–Trinajstić information content (AvgIpc) is 3.46. The van der Waals surface area contributed by atoms with Gasteiger partial charge in [0.15, 0.2) is 6.10 Å². The molecule has 6 heteroatoms. The van der Waals surface area contributed by atoms with Crippen LogP contribution in [0.1, 0.15) is 361 Å². The molecule has 1 atom stereocenters. The molecule has 0 radical (unpaired) electrons. The largest absolute Gasteiger partial charge is 0.462 e. The zero-order chi connectivity index (χ0) is 57.8. The van der Waals surface area contributed by atoms with Gasteiger partial charge in [-0.05, 0) is 57.8 Å². The SMILES string of the molecule is CC/C=C\C/C=C\C/C=C\C/C=C\C/C=C\C/C=C\CCC(=O)OC(COC(=O)CCCCCCCCCCCCCCCCCCC)COC(=O)CCCCCCCCCCCCCCCCCCCCCCCCCCCC. The molecule has 0 aromatic heterocycles. The molecule has 0 aromatic rings. The van der Waals surface area contributed by atoms with Crippen molar-refractivity contribution in [1.82, 2.24) is 0 Å². The van der Waals surface area contributed by atoms with Crippen LogP contribution in [-0.2, 0) is 28.6 Å². The summed E-state index contributed by atoms with van der Waals surface area (Å²) in [5, 5.41) is 0. The number of carbonyl (C=O) groups is 3. The zero-order valence-electron chi connectivity index (χ0n) is 53.3. The molecule has 0 heterocycles. The number of rotatable bonds is 64. The maximum absolute atomic E-state index is 12.9. The molecule has 0 saturated heterocycles. The molecule has 0 spiro atoms. The number of ether oxygens (including phenoxy) is 3. The fourth-order valence-corrected chi connectivity index (χ4v) is 10.3. The van der Waals surface area contributed by atoms with Gasteiger partial charge in [0.1, 0.15) is 13.2 Å². The van der Waals surface area contributed by atoms with Gasteiger partial charge in [-0.2, -0.15) is 0 Å². The first-order valence-electron chi connectivity index (χ1n) is 34.9. The van der Waals surface area contributed by atoms with E-state index in [0.717, 1.165) is 77.0 Å². The second-order valence-electron chi connectivity index (χ2n) is 23.4. The van der Waals surface area contributed by atoms with Crippen LogP contribution in [0.25, 0.3) is 0 Å². The van der Waals surface area contributed by atoms with Gasteiger partial charge in [0.25, 0.3) is 0 Å². The number of hydrogen-bond acceptors (Lipinski definition) is 6. The number of unbranched alkanes of at least 4 members (excludes halogenated alkanes) is 41. The summed E-state index contributed by atoms with van der Waals surface area (Å²) in [6.45, 7) is 6.53. The summed E-state index contributed by atoms with van der Waals surface area (Å²) < 4.78 is 16.9. The smallest absolute Gasteiger partial charge is 0.306 e. The lowest BCUT2D eigenvalue weighted by Gasteiger charge is -2.18. The lowest BCUT2D eigenvalue weighted by Crippen LogP contribution is -2.30. The molecule has 0 aliphatic rings. The van der Waals surface area contributed by atoms with E-state index in [-0.39, 0.29) is 37.5 Å². The highest BCUT2D eigenvalue weighted by Gasteiger charge is 2.19. The Morgan fingerprint density at radius 1 is 0.263 bits per heavy atom. The van der Waals surface area contributed by atoms with Crippen LogP contribution < -0.4 is 0 Å². The normalized spacial score (nSPS) is 12.5. The third-order valence-electron chi connectivity index (χ3n) is 15.5. The summed E-state index contributed by atoms with van der Waals surface area (Å²) in [4.78, 5) is 38.4. The summed E-state index contributed by atoms with van der Waals surface area (Å²) >= 11 is 0. The molecular formula is C74H132O6. The highest BCUT2D eigenvalue weighted by atomic mass is 16.6. The number of carbonyl (C=O) groups excluding carboxylic acids is 3. The molecule has 6 nitrogen and oxygen atoms in total. The molecule has 0 rings (SSSR count). The van der Waals surface area contributed by atoms with Crippen molar-refractivity contribution in [1.29, 1.82) is 0 Å². The van der Waals surface area contributed by atoms with Crippen LogP contribution in [0.3, 0.4) is 0 Å². The zero-order valence-corrected chi connectivity index (χ0v) is 53.3. The van der Waals surface area contributed by atoms with Crippen molar-refractivity contribution >= 4 is 17.9 Å². The van der Waals surface area contributed by atoms with Crippen LogP contribution in [0.5, 0.6) is 0 Å². The van der Waals surface area contributed by atoms with Crippen LogP contribution in [0.2, 0.25) is 0 Å². The minimum absolute atomic E-state index is 0.101. The van der Waals surface area contributed by atoms with Crippen LogP contribution in [-0.4, -0.2) is 37.2 Å². The molecule has 0 N–H and O–H groups in total. The van der Waals surface area contributed by atoms with Crippen molar-refractivity contribution < 1.29 is 28.6 Å². The van der Waals surface area contributed by atoms with Crippen LogP contribution in [0, 0.1) is 0 Å². The van der Waals surface area contributed by atoms with Crippen molar-refractivity contribution in [2.24, 2.45) is 0 Å². The van der Waals surface area contributed by atoms with Gasteiger partial charge < -0.3 is 14.2 Å². The maximum atomic E-state index is 12.9. The number of hydrogen-bond donors (Lipinski definition) is 0. The third-order valence-corrected chi connectivity index (χ3v) is 15.5. The molecule has 0 saturated carbocycles. The minimum atomic E-state index is -0.815. The van der Waals surface area contributed by atoms with Gasteiger partial charge in [-0.3, -0.25) is 14.4 Å². The first-order chi connectivity index (χ1) is 39.5. The molecule has 464 valence electrons. The van der Waals surface area contributed by atoms with Gasteiger partial charge in [0.2, 0.25) is 0 Å². The van der Waals surface area contributed by atoms with Gasteiger partial charge in [0, 0.05) is 19.3 Å². The van der Waals surface area contributed by atoms with E-state index in [4.69, 9.17) is 14.2 Å². The van der Waals surface area contributed by atoms with Gasteiger partial charge in [-0.25, -0.2) is 0 Å². The number of esters is 3. The van der Waals surface area contributed by atoms with E-state index in [0.29, 0.717) is 19.3 Å². The second-order valence-corrected chi connectivity index (χ2v) is 23.4. The molecule has 1 unspecified atom stereocenters. The van der Waals surface area contributed by atoms with Crippen LogP contribution in [0.15, 0.2) is 72.9 Å². The van der Waals surface area contributed by atoms with E-state index in [1.165, 1.54) is 238 Å². The van der Waals surface area contributed by atoms with Crippen molar-refractivity contribution in [3.05, 3.63) is 72.9 Å². The van der Waals surface area contributed by atoms with Gasteiger partial charge in [-0.15, -0.1) is 0 Å². The van der Waals surface area contributed by atoms with Crippen molar-refractivity contribution in [2.45, 2.75) is 367 Å². The summed E-state index contributed by atoms with van der Waals surface area (Å²) in [6.07, 6.45) is 89.5. The Labute approximate surface area is 497 Å². The molecule has 0 bridgehead atoms. The number of allylic oxidation sites excluding steroid dienone is 12. The van der Waals surface area contributed by atoms with Crippen LogP contribution >= 0.6 is 0 Å². The Bertz CT molecular complexity index is 1470. The van der Waals surface area contributed by atoms with E-state index in [1.807, 2.05) is 6.08 Å². The molecular weight excluding hydrogens is 985 g/mol. The van der Waals surface area contributed by atoms with Gasteiger partial charge in [-0.1, -0.05) is 357 Å². The highest BCUT2D eigenvalue weighted by Crippen LogP contribution is 2.18. The summed E-state index contributed by atoms with van der Waals surface area (Å²) in [7, 11) is 0. The molecule has 80 heavy (non-hydrogen) atoms. The third kappa shape index (κ3) is 65.7. The Kier molecular flexibility index (Phi) is 65.7. The Morgan fingerprint density at radius 3 is 0.738 bits per heavy atom. The van der Waals surface area contributed by atoms with Crippen molar-refractivity contribution in [3.8, 4) is 0 Å². The molecule has 0 aliphatic heterocycles. The van der Waals surface area contributed by atoms with E-state index in [9.17, 15) is 14.4 Å². The molecule has 0 aromatic carbocycles. The van der Waals surface area contributed by atoms with E-state index >= 15 is 0 Å². The van der Waals surface area contributed by atoms with Crippen LogP contribution in [0.4, 0.5) is 0 Å². The van der Waals surface area contributed by atoms with Crippen molar-refractivity contribution in [2.75, 3.05) is 13.2 Å². The van der Waals surface area contributed by atoms with E-state index in [2.05, 4.69) is 87.6 Å². The minimum Gasteiger partial charge on any atom is -0.462 e. The maximum Gasteiger partial charge on any atom is 0.306 e. The second kappa shape index (κ2) is 68.3. The lowest BCUT2D eigenvalue weighted by molar-refractivity contribution is -0.166. The fourth-order valence-electron chi connectivity index (χ4n) is 10.3. The standard InChI is InChI=1S/C74H132O6/c1-4-7-10-13-16-19-22-25-28-31-33-34-35-36-37-38-39-41-43-46-49-52-55-58-61-64-67-73(76)79-70-71(69-78-72(75)66-63-60-57-54-51-48-45-42-30-27-24-21-18-15-12-9-6-3)80-74(77)68-65-62-59-56-53-50-47-44-40-32-29-26-23-20-17-14-11-8-5-2/h8,11,17,20,26,29,40,44,50,53,59,62,71H,4-7,9-10,12-16,18-19,21-25,27-28,30-39,41-43,45-49,51-52,54-58,60-61,63-70H2,1-3H3/b11-8-,20-17-,29-26-,44-40-,53-50-,62-59-. The van der Waals surface area contributed by atoms with Crippen molar-refractivity contribution in [3.63, 3.8) is 0 Å². The lowest BCUT2D eigenvalue weighted by atomic mass is 10.0. The first-order valence-corrected chi connectivity index (χ1v) is 34.9. The molecule has 0 fully saturated rings. The first kappa shape index (κ1) is 76.9. The topological polar surface area (TPSA) is 78.9 Å². The molecule has 0 amide bonds. The summed E-state index contributed by atoms with van der Waals surface area (Å²) in [5.74, 6) is -0.963. The van der Waals surface area contributed by atoms with Gasteiger partial charge in [0.05, 0.1) is 0 Å².